The van der Waals surface area contributed by atoms with Crippen LogP contribution in [0, 0.1) is 18.2 Å². The number of hydrogen-bond donors (Lipinski definition) is 2. The summed E-state index contributed by atoms with van der Waals surface area (Å²) < 4.78 is 18.2. The topological polar surface area (TPSA) is 58.6 Å². The van der Waals surface area contributed by atoms with Gasteiger partial charge in [-0.2, -0.15) is 0 Å². The van der Waals surface area contributed by atoms with Crippen LogP contribution in [0.3, 0.4) is 0 Å². The maximum absolute atomic E-state index is 13.0. The first-order valence-electron chi connectivity index (χ1n) is 5.35. The highest BCUT2D eigenvalue weighted by Crippen LogP contribution is 2.25. The van der Waals surface area contributed by atoms with Crippen molar-refractivity contribution in [2.75, 3.05) is 13.2 Å². The Kier molecular flexibility index (Phi) is 5.15. The third-order valence-corrected chi connectivity index (χ3v) is 2.17. The molecular weight excluding hydrogens is 237 g/mol. The van der Waals surface area contributed by atoms with Gasteiger partial charge in [-0.25, -0.2) is 4.39 Å². The van der Waals surface area contributed by atoms with Gasteiger partial charge in [-0.1, -0.05) is 5.92 Å². The normalized spacial score (nSPS) is 11.4. The Balaban J connectivity index is 2.69. The van der Waals surface area contributed by atoms with Crippen molar-refractivity contribution in [2.45, 2.75) is 13.0 Å². The number of ether oxygens (including phenoxy) is 1. The smallest absolute Gasteiger partial charge is 0.258 e. The Morgan fingerprint density at radius 2 is 2.39 bits per heavy atom. The summed E-state index contributed by atoms with van der Waals surface area (Å²) in [5.41, 5.74) is 0.418. The fraction of sp³-hybridized carbons (Fsp3) is 0.308. The highest BCUT2D eigenvalue weighted by molar-refractivity contribution is 5.77. The SMILES string of the molecule is C#CCNC(=O)COc1cc(F)ccc1C(C)O. The van der Waals surface area contributed by atoms with E-state index in [1.165, 1.54) is 19.1 Å². The van der Waals surface area contributed by atoms with E-state index < -0.39 is 17.8 Å². The molecule has 18 heavy (non-hydrogen) atoms. The Labute approximate surface area is 105 Å². The van der Waals surface area contributed by atoms with Crippen LogP contribution in [0.2, 0.25) is 0 Å². The zero-order valence-corrected chi connectivity index (χ0v) is 9.94. The molecule has 0 spiro atoms. The van der Waals surface area contributed by atoms with Crippen LogP contribution in [0.5, 0.6) is 5.75 Å². The van der Waals surface area contributed by atoms with E-state index >= 15 is 0 Å². The number of nitrogens with one attached hydrogen (secondary N) is 1. The molecule has 96 valence electrons. The molecule has 0 radical (unpaired) electrons. The molecular formula is C13H14FNO3. The number of rotatable bonds is 5. The monoisotopic (exact) mass is 251 g/mol. The van der Waals surface area contributed by atoms with Crippen molar-refractivity contribution in [3.8, 4) is 18.1 Å². The Morgan fingerprint density at radius 3 is 3.00 bits per heavy atom. The molecule has 2 N–H and O–H groups in total. The second-order valence-electron chi connectivity index (χ2n) is 3.63. The standard InChI is InChI=1S/C13H14FNO3/c1-3-6-15-13(17)8-18-12-7-10(14)4-5-11(12)9(2)16/h1,4-5,7,9,16H,6,8H2,2H3,(H,15,17). The molecule has 0 heterocycles. The lowest BCUT2D eigenvalue weighted by Gasteiger charge is -2.13. The van der Waals surface area contributed by atoms with E-state index in [0.717, 1.165) is 6.07 Å². The molecule has 1 aromatic rings. The quantitative estimate of drug-likeness (QED) is 0.768. The first-order valence-corrected chi connectivity index (χ1v) is 5.35. The number of terminal acetylenes is 1. The number of aliphatic hydroxyl groups is 1. The summed E-state index contributed by atoms with van der Waals surface area (Å²) in [4.78, 5) is 11.3. The first-order chi connectivity index (χ1) is 8.54. The number of carbonyl (C=O) groups excluding carboxylic acids is 1. The third kappa shape index (κ3) is 4.07. The lowest BCUT2D eigenvalue weighted by molar-refractivity contribution is -0.122. The number of benzene rings is 1. The van der Waals surface area contributed by atoms with Crippen LogP contribution in [0.4, 0.5) is 4.39 Å². The Hall–Kier alpha value is -2.06. The van der Waals surface area contributed by atoms with E-state index in [-0.39, 0.29) is 18.9 Å². The lowest BCUT2D eigenvalue weighted by Crippen LogP contribution is -2.29. The van der Waals surface area contributed by atoms with Gasteiger partial charge in [0.1, 0.15) is 11.6 Å². The van der Waals surface area contributed by atoms with Crippen molar-refractivity contribution in [2.24, 2.45) is 0 Å². The zero-order chi connectivity index (χ0) is 13.5. The van der Waals surface area contributed by atoms with Gasteiger partial charge >= 0.3 is 0 Å². The van der Waals surface area contributed by atoms with Crippen molar-refractivity contribution < 1.29 is 19.0 Å². The molecule has 0 aliphatic rings. The second kappa shape index (κ2) is 6.62. The van der Waals surface area contributed by atoms with E-state index in [9.17, 15) is 14.3 Å². The van der Waals surface area contributed by atoms with Gasteiger partial charge in [0.15, 0.2) is 6.61 Å². The maximum atomic E-state index is 13.0. The van der Waals surface area contributed by atoms with Crippen LogP contribution in [-0.2, 0) is 4.79 Å². The third-order valence-electron chi connectivity index (χ3n) is 2.17. The van der Waals surface area contributed by atoms with Gasteiger partial charge in [-0.05, 0) is 19.1 Å². The van der Waals surface area contributed by atoms with Crippen molar-refractivity contribution in [1.82, 2.24) is 5.32 Å². The molecule has 0 bridgehead atoms. The number of hydrogen-bond acceptors (Lipinski definition) is 3. The number of amides is 1. The molecule has 1 aromatic carbocycles. The molecule has 1 unspecified atom stereocenters. The summed E-state index contributed by atoms with van der Waals surface area (Å²) in [6.45, 7) is 1.35. The van der Waals surface area contributed by atoms with Gasteiger partial charge < -0.3 is 15.2 Å². The highest BCUT2D eigenvalue weighted by atomic mass is 19.1. The van der Waals surface area contributed by atoms with E-state index in [1.807, 2.05) is 0 Å². The summed E-state index contributed by atoms with van der Waals surface area (Å²) in [7, 11) is 0. The van der Waals surface area contributed by atoms with Crippen LogP contribution in [0.15, 0.2) is 18.2 Å². The molecule has 0 aliphatic heterocycles. The average molecular weight is 251 g/mol. The maximum Gasteiger partial charge on any atom is 0.258 e. The minimum atomic E-state index is -0.811. The van der Waals surface area contributed by atoms with Crippen molar-refractivity contribution >= 4 is 5.91 Å². The van der Waals surface area contributed by atoms with Crippen LogP contribution < -0.4 is 10.1 Å². The molecule has 1 rings (SSSR count). The molecule has 0 aliphatic carbocycles. The lowest BCUT2D eigenvalue weighted by atomic mass is 10.1. The second-order valence-corrected chi connectivity index (χ2v) is 3.63. The Bertz CT molecular complexity index is 466. The summed E-state index contributed by atoms with van der Waals surface area (Å²) in [5.74, 6) is 1.48. The van der Waals surface area contributed by atoms with Crippen molar-refractivity contribution in [3.05, 3.63) is 29.6 Å². The minimum absolute atomic E-state index is 0.106. The summed E-state index contributed by atoms with van der Waals surface area (Å²) in [5, 5.41) is 11.9. The van der Waals surface area contributed by atoms with Gasteiger partial charge in [0.05, 0.1) is 12.6 Å². The van der Waals surface area contributed by atoms with Crippen molar-refractivity contribution in [3.63, 3.8) is 0 Å². The van der Waals surface area contributed by atoms with E-state index in [1.54, 1.807) is 0 Å². The van der Waals surface area contributed by atoms with Crippen LogP contribution in [-0.4, -0.2) is 24.2 Å². The molecule has 1 atom stereocenters. The van der Waals surface area contributed by atoms with Gasteiger partial charge in [0, 0.05) is 11.6 Å². The minimum Gasteiger partial charge on any atom is -0.483 e. The summed E-state index contributed by atoms with van der Waals surface area (Å²) in [6, 6.07) is 3.75. The molecule has 0 saturated heterocycles. The fourth-order valence-electron chi connectivity index (χ4n) is 1.32. The number of carbonyl (C=O) groups is 1. The molecule has 0 saturated carbocycles. The molecule has 0 fully saturated rings. The molecule has 1 amide bonds. The highest BCUT2D eigenvalue weighted by Gasteiger charge is 2.11. The molecule has 5 heteroatoms. The largest absolute Gasteiger partial charge is 0.483 e. The summed E-state index contributed by atoms with van der Waals surface area (Å²) in [6.07, 6.45) is 4.17. The number of aliphatic hydroxyl groups excluding tert-OH is 1. The average Bonchev–Trinajstić information content (AvgIpc) is 2.33. The predicted octanol–water partition coefficient (Wildman–Crippen LogP) is 1.01. The van der Waals surface area contributed by atoms with Crippen LogP contribution in [0.1, 0.15) is 18.6 Å². The Morgan fingerprint density at radius 1 is 1.67 bits per heavy atom. The summed E-state index contributed by atoms with van der Waals surface area (Å²) >= 11 is 0. The van der Waals surface area contributed by atoms with Gasteiger partial charge in [-0.15, -0.1) is 6.42 Å². The van der Waals surface area contributed by atoms with Crippen LogP contribution >= 0.6 is 0 Å². The number of halogens is 1. The van der Waals surface area contributed by atoms with Gasteiger partial charge in [0.2, 0.25) is 0 Å². The zero-order valence-electron chi connectivity index (χ0n) is 9.94. The van der Waals surface area contributed by atoms with Crippen molar-refractivity contribution in [1.29, 1.82) is 0 Å². The van der Waals surface area contributed by atoms with E-state index in [0.29, 0.717) is 5.56 Å². The van der Waals surface area contributed by atoms with E-state index in [4.69, 9.17) is 11.2 Å². The van der Waals surface area contributed by atoms with Gasteiger partial charge in [0.25, 0.3) is 5.91 Å². The van der Waals surface area contributed by atoms with Crippen LogP contribution in [0.25, 0.3) is 0 Å². The van der Waals surface area contributed by atoms with Gasteiger partial charge in [-0.3, -0.25) is 4.79 Å². The first kappa shape index (κ1) is 14.0. The van der Waals surface area contributed by atoms with E-state index in [2.05, 4.69) is 11.2 Å². The fourth-order valence-corrected chi connectivity index (χ4v) is 1.32. The predicted molar refractivity (Wildman–Crippen MR) is 64.4 cm³/mol. The molecule has 4 nitrogen and oxygen atoms in total. The molecule has 0 aromatic heterocycles.